The van der Waals surface area contributed by atoms with Gasteiger partial charge in [-0.05, 0) is 37.2 Å². The summed E-state index contributed by atoms with van der Waals surface area (Å²) >= 11 is 0. The summed E-state index contributed by atoms with van der Waals surface area (Å²) in [4.78, 5) is 6.77. The number of aliphatic imine (C=N–C) groups is 1. The number of ether oxygens (including phenoxy) is 3. The average Bonchev–Trinajstić information content (AvgIpc) is 2.74. The highest BCUT2D eigenvalue weighted by Crippen LogP contribution is 2.23. The molecular weight excluding hydrogens is 483 g/mol. The van der Waals surface area contributed by atoms with Gasteiger partial charge in [-0.25, -0.2) is 0 Å². The van der Waals surface area contributed by atoms with E-state index in [4.69, 9.17) is 14.2 Å². The van der Waals surface area contributed by atoms with Crippen LogP contribution in [0, 0.1) is 0 Å². The molecule has 1 aromatic carbocycles. The third kappa shape index (κ3) is 11.0. The molecule has 168 valence electrons. The van der Waals surface area contributed by atoms with Crippen LogP contribution < -0.4 is 15.4 Å². The molecule has 0 aliphatic heterocycles. The third-order valence-electron chi connectivity index (χ3n) is 4.61. The number of halogens is 1. The number of nitrogens with zero attached hydrogens (tertiary/aromatic N) is 2. The van der Waals surface area contributed by atoms with Crippen LogP contribution in [-0.2, 0) is 9.47 Å². The molecule has 1 atom stereocenters. The van der Waals surface area contributed by atoms with Gasteiger partial charge in [0, 0.05) is 33.9 Å². The summed E-state index contributed by atoms with van der Waals surface area (Å²) in [6.07, 6.45) is 0.916. The Hall–Kier alpha value is -1.10. The predicted molar refractivity (Wildman–Crippen MR) is 131 cm³/mol. The Morgan fingerprint density at radius 3 is 2.48 bits per heavy atom. The van der Waals surface area contributed by atoms with Crippen LogP contribution in [0.3, 0.4) is 0 Å². The number of rotatable bonds is 14. The van der Waals surface area contributed by atoms with Gasteiger partial charge in [0.15, 0.2) is 5.96 Å². The summed E-state index contributed by atoms with van der Waals surface area (Å²) in [6.45, 7) is 9.87. The molecule has 0 fully saturated rings. The van der Waals surface area contributed by atoms with E-state index >= 15 is 0 Å². The topological polar surface area (TPSA) is 67.4 Å². The first-order valence-electron chi connectivity index (χ1n) is 10.1. The van der Waals surface area contributed by atoms with E-state index in [1.54, 1.807) is 21.3 Å². The molecule has 0 aliphatic rings. The fraction of sp³-hybridized carbons (Fsp3) is 0.667. The minimum Gasteiger partial charge on any atom is -0.497 e. The van der Waals surface area contributed by atoms with Crippen molar-refractivity contribution in [1.29, 1.82) is 0 Å². The molecule has 0 amide bonds. The molecule has 0 radical (unpaired) electrons. The van der Waals surface area contributed by atoms with Crippen molar-refractivity contribution in [2.24, 2.45) is 4.99 Å². The Kier molecular flexibility index (Phi) is 17.1. The molecule has 0 heterocycles. The molecule has 0 bridgehead atoms. The molecule has 0 saturated carbocycles. The van der Waals surface area contributed by atoms with Crippen molar-refractivity contribution < 1.29 is 14.2 Å². The van der Waals surface area contributed by atoms with Crippen LogP contribution in [-0.4, -0.2) is 78.1 Å². The highest BCUT2D eigenvalue weighted by atomic mass is 127. The molecule has 29 heavy (non-hydrogen) atoms. The first-order valence-corrected chi connectivity index (χ1v) is 10.1. The molecule has 1 rings (SSSR count). The number of benzene rings is 1. The van der Waals surface area contributed by atoms with Crippen molar-refractivity contribution in [3.63, 3.8) is 0 Å². The van der Waals surface area contributed by atoms with E-state index in [-0.39, 0.29) is 30.0 Å². The Morgan fingerprint density at radius 1 is 1.10 bits per heavy atom. The molecule has 1 unspecified atom stereocenters. The highest BCUT2D eigenvalue weighted by Gasteiger charge is 2.19. The van der Waals surface area contributed by atoms with E-state index in [2.05, 4.69) is 46.5 Å². The van der Waals surface area contributed by atoms with Gasteiger partial charge in [-0.15, -0.1) is 24.0 Å². The van der Waals surface area contributed by atoms with Gasteiger partial charge in [-0.2, -0.15) is 0 Å². The van der Waals surface area contributed by atoms with Crippen LogP contribution in [0.15, 0.2) is 29.3 Å². The maximum atomic E-state index is 5.48. The number of methoxy groups -OCH3 is 2. The predicted octanol–water partition coefficient (Wildman–Crippen LogP) is 2.91. The number of hydrogen-bond acceptors (Lipinski definition) is 5. The lowest BCUT2D eigenvalue weighted by atomic mass is 10.0. The van der Waals surface area contributed by atoms with Gasteiger partial charge >= 0.3 is 0 Å². The standard InChI is InChI=1S/C21H38N4O3.HI/c1-6-25(7-2)20(18-10-8-11-19(16-18)27-5)17-24-21(22-3)23-12-9-13-28-15-14-26-4;/h8,10-11,16,20H,6-7,9,12-15,17H2,1-5H3,(H2,22,23,24);1H. The lowest BCUT2D eigenvalue weighted by molar-refractivity contribution is 0.0698. The molecule has 0 saturated heterocycles. The summed E-state index contributed by atoms with van der Waals surface area (Å²) in [7, 11) is 5.18. The van der Waals surface area contributed by atoms with E-state index in [9.17, 15) is 0 Å². The normalized spacial score (nSPS) is 12.4. The zero-order chi connectivity index (χ0) is 20.6. The highest BCUT2D eigenvalue weighted by molar-refractivity contribution is 14.0. The van der Waals surface area contributed by atoms with Gasteiger partial charge in [-0.3, -0.25) is 9.89 Å². The lowest BCUT2D eigenvalue weighted by Crippen LogP contribution is -2.43. The Labute approximate surface area is 193 Å². The second-order valence-electron chi connectivity index (χ2n) is 6.35. The van der Waals surface area contributed by atoms with Crippen LogP contribution in [0.4, 0.5) is 0 Å². The first-order chi connectivity index (χ1) is 13.7. The molecule has 1 aromatic rings. The fourth-order valence-electron chi connectivity index (χ4n) is 3.01. The lowest BCUT2D eigenvalue weighted by Gasteiger charge is -2.31. The fourth-order valence-corrected chi connectivity index (χ4v) is 3.01. The number of hydrogen-bond donors (Lipinski definition) is 2. The summed E-state index contributed by atoms with van der Waals surface area (Å²) < 4.78 is 15.9. The van der Waals surface area contributed by atoms with Gasteiger partial charge < -0.3 is 24.8 Å². The summed E-state index contributed by atoms with van der Waals surface area (Å²) in [6, 6.07) is 8.52. The SMILES string of the molecule is CCN(CC)C(CNC(=NC)NCCCOCCOC)c1cccc(OC)c1.I. The van der Waals surface area contributed by atoms with Crippen molar-refractivity contribution >= 4 is 29.9 Å². The van der Waals surface area contributed by atoms with E-state index in [0.29, 0.717) is 19.8 Å². The Morgan fingerprint density at radius 2 is 1.86 bits per heavy atom. The third-order valence-corrected chi connectivity index (χ3v) is 4.61. The molecular formula is C21H39IN4O3. The van der Waals surface area contributed by atoms with Gasteiger partial charge in [0.05, 0.1) is 26.4 Å². The second-order valence-corrected chi connectivity index (χ2v) is 6.35. The second kappa shape index (κ2) is 17.7. The van der Waals surface area contributed by atoms with Crippen LogP contribution in [0.1, 0.15) is 31.9 Å². The molecule has 0 aromatic heterocycles. The van der Waals surface area contributed by atoms with E-state index in [1.165, 1.54) is 5.56 Å². The number of guanidine groups is 1. The molecule has 0 spiro atoms. The number of nitrogens with one attached hydrogen (secondary N) is 2. The van der Waals surface area contributed by atoms with Crippen LogP contribution in [0.2, 0.25) is 0 Å². The minimum atomic E-state index is 0. The van der Waals surface area contributed by atoms with Crippen molar-refractivity contribution in [2.75, 3.05) is 67.3 Å². The summed E-state index contributed by atoms with van der Waals surface area (Å²) in [5.41, 5.74) is 1.23. The van der Waals surface area contributed by atoms with Crippen LogP contribution in [0.25, 0.3) is 0 Å². The van der Waals surface area contributed by atoms with Gasteiger partial charge in [0.1, 0.15) is 5.75 Å². The van der Waals surface area contributed by atoms with E-state index < -0.39 is 0 Å². The maximum Gasteiger partial charge on any atom is 0.191 e. The first kappa shape index (κ1) is 27.9. The zero-order valence-electron chi connectivity index (χ0n) is 18.6. The zero-order valence-corrected chi connectivity index (χ0v) is 20.9. The number of likely N-dealkylation sites (N-methyl/N-ethyl adjacent to an activating group) is 1. The smallest absolute Gasteiger partial charge is 0.191 e. The van der Waals surface area contributed by atoms with Crippen LogP contribution in [0.5, 0.6) is 5.75 Å². The van der Waals surface area contributed by atoms with E-state index in [1.807, 2.05) is 12.1 Å². The quantitative estimate of drug-likeness (QED) is 0.170. The van der Waals surface area contributed by atoms with Crippen LogP contribution >= 0.6 is 24.0 Å². The monoisotopic (exact) mass is 522 g/mol. The van der Waals surface area contributed by atoms with Crippen molar-refractivity contribution in [1.82, 2.24) is 15.5 Å². The van der Waals surface area contributed by atoms with Crippen molar-refractivity contribution in [3.8, 4) is 5.75 Å². The van der Waals surface area contributed by atoms with Gasteiger partial charge in [-0.1, -0.05) is 26.0 Å². The van der Waals surface area contributed by atoms with Crippen molar-refractivity contribution in [3.05, 3.63) is 29.8 Å². The maximum absolute atomic E-state index is 5.48. The minimum absolute atomic E-state index is 0. The van der Waals surface area contributed by atoms with E-state index in [0.717, 1.165) is 44.3 Å². The molecule has 2 N–H and O–H groups in total. The van der Waals surface area contributed by atoms with Gasteiger partial charge in [0.2, 0.25) is 0 Å². The van der Waals surface area contributed by atoms with Gasteiger partial charge in [0.25, 0.3) is 0 Å². The Balaban J connectivity index is 0.00000784. The Bertz CT molecular complexity index is 556. The molecule has 0 aliphatic carbocycles. The summed E-state index contributed by atoms with van der Waals surface area (Å²) in [5.74, 6) is 1.68. The molecule has 7 nitrogen and oxygen atoms in total. The summed E-state index contributed by atoms with van der Waals surface area (Å²) in [5, 5.41) is 6.81. The average molecular weight is 522 g/mol. The van der Waals surface area contributed by atoms with Crippen molar-refractivity contribution in [2.45, 2.75) is 26.3 Å². The molecule has 8 heteroatoms. The largest absolute Gasteiger partial charge is 0.497 e.